The smallest absolute Gasteiger partial charge is 0.352 e. The number of benzene rings is 1. The van der Waals surface area contributed by atoms with Crippen molar-refractivity contribution in [2.45, 2.75) is 38.0 Å². The fraction of sp³-hybridized carbons (Fsp3) is 0.429. The lowest BCUT2D eigenvalue weighted by Gasteiger charge is -2.17. The molecule has 0 saturated heterocycles. The van der Waals surface area contributed by atoms with Gasteiger partial charge in [-0.3, -0.25) is 4.79 Å². The molecule has 0 spiro atoms. The number of aldehydes is 1. The predicted molar refractivity (Wildman–Crippen MR) is 71.4 cm³/mol. The van der Waals surface area contributed by atoms with Gasteiger partial charge in [0.15, 0.2) is 0 Å². The third kappa shape index (κ3) is 5.55. The van der Waals surface area contributed by atoms with E-state index in [-0.39, 0.29) is 12.5 Å². The van der Waals surface area contributed by atoms with E-state index in [0.717, 1.165) is 12.1 Å². The van der Waals surface area contributed by atoms with Crippen molar-refractivity contribution in [1.82, 2.24) is 5.32 Å². The maximum atomic E-state index is 12.4. The average molecular weight is 302 g/mol. The lowest BCUT2D eigenvalue weighted by atomic mass is 10.0. The number of carbonyl (C=O) groups is 2. The van der Waals surface area contributed by atoms with Gasteiger partial charge in [-0.05, 0) is 31.0 Å². The summed E-state index contributed by atoms with van der Waals surface area (Å²) in [5.74, 6) is -0.457. The molecule has 0 fully saturated rings. The molecular weight excluding hydrogens is 285 g/mol. The van der Waals surface area contributed by atoms with Crippen molar-refractivity contribution in [1.29, 1.82) is 0 Å². The summed E-state index contributed by atoms with van der Waals surface area (Å²) < 4.78 is 37.2. The maximum absolute atomic E-state index is 12.4. The fourth-order valence-corrected chi connectivity index (χ4v) is 1.79. The highest BCUT2D eigenvalue weighted by Gasteiger charge is 2.29. The van der Waals surface area contributed by atoms with Gasteiger partial charge >= 0.3 is 6.18 Å². The van der Waals surface area contributed by atoms with Crippen LogP contribution in [0.4, 0.5) is 13.2 Å². The van der Waals surface area contributed by atoms with E-state index in [4.69, 9.17) is 5.73 Å². The van der Waals surface area contributed by atoms with Crippen LogP contribution in [0.2, 0.25) is 0 Å². The highest BCUT2D eigenvalue weighted by atomic mass is 19.4. The second-order valence-electron chi connectivity index (χ2n) is 4.82. The minimum absolute atomic E-state index is 0.0706. The van der Waals surface area contributed by atoms with Gasteiger partial charge in [0.05, 0.1) is 11.6 Å². The Morgan fingerprint density at radius 1 is 1.33 bits per heavy atom. The van der Waals surface area contributed by atoms with Gasteiger partial charge in [-0.15, -0.1) is 0 Å². The number of alkyl halides is 3. The van der Waals surface area contributed by atoms with Crippen molar-refractivity contribution < 1.29 is 22.8 Å². The van der Waals surface area contributed by atoms with Crippen LogP contribution in [0.25, 0.3) is 0 Å². The number of hydrogen-bond acceptors (Lipinski definition) is 3. The SMILES string of the molecule is CC(Cc1ccc(C(F)(F)F)cc1)NC(=O)C(N)CC=O. The molecule has 1 aromatic carbocycles. The van der Waals surface area contributed by atoms with E-state index in [1.54, 1.807) is 6.92 Å². The van der Waals surface area contributed by atoms with Crippen molar-refractivity contribution in [3.63, 3.8) is 0 Å². The highest BCUT2D eigenvalue weighted by molar-refractivity contribution is 5.84. The van der Waals surface area contributed by atoms with E-state index in [2.05, 4.69) is 5.32 Å². The molecule has 116 valence electrons. The van der Waals surface area contributed by atoms with Gasteiger partial charge in [0.1, 0.15) is 6.29 Å². The van der Waals surface area contributed by atoms with Crippen LogP contribution in [0.3, 0.4) is 0 Å². The van der Waals surface area contributed by atoms with Gasteiger partial charge in [-0.2, -0.15) is 13.2 Å². The van der Waals surface area contributed by atoms with Gasteiger partial charge in [-0.1, -0.05) is 12.1 Å². The van der Waals surface area contributed by atoms with Crippen LogP contribution in [0, 0.1) is 0 Å². The fourth-order valence-electron chi connectivity index (χ4n) is 1.79. The number of nitrogens with one attached hydrogen (secondary N) is 1. The third-order valence-electron chi connectivity index (χ3n) is 2.90. The van der Waals surface area contributed by atoms with Crippen molar-refractivity contribution in [2.75, 3.05) is 0 Å². The molecule has 1 aromatic rings. The normalized spacial score (nSPS) is 14.3. The monoisotopic (exact) mass is 302 g/mol. The predicted octanol–water partition coefficient (Wildman–Crippen LogP) is 1.67. The largest absolute Gasteiger partial charge is 0.416 e. The molecule has 0 aromatic heterocycles. The topological polar surface area (TPSA) is 72.2 Å². The Balaban J connectivity index is 2.57. The minimum atomic E-state index is -4.36. The van der Waals surface area contributed by atoms with Crippen molar-refractivity contribution in [3.8, 4) is 0 Å². The Kier molecular flexibility index (Phi) is 5.90. The first kappa shape index (κ1) is 17.2. The van der Waals surface area contributed by atoms with Crippen LogP contribution in [0.1, 0.15) is 24.5 Å². The van der Waals surface area contributed by atoms with Crippen LogP contribution >= 0.6 is 0 Å². The number of amides is 1. The van der Waals surface area contributed by atoms with Crippen molar-refractivity contribution >= 4 is 12.2 Å². The zero-order valence-corrected chi connectivity index (χ0v) is 11.5. The van der Waals surface area contributed by atoms with E-state index in [1.807, 2.05) is 0 Å². The van der Waals surface area contributed by atoms with Crippen molar-refractivity contribution in [2.24, 2.45) is 5.73 Å². The summed E-state index contributed by atoms with van der Waals surface area (Å²) in [4.78, 5) is 21.8. The van der Waals surface area contributed by atoms with Gasteiger partial charge < -0.3 is 15.8 Å². The van der Waals surface area contributed by atoms with E-state index < -0.39 is 23.7 Å². The Labute approximate surface area is 120 Å². The molecular formula is C14H17F3N2O2. The first-order chi connectivity index (χ1) is 9.74. The second-order valence-corrected chi connectivity index (χ2v) is 4.82. The highest BCUT2D eigenvalue weighted by Crippen LogP contribution is 2.29. The maximum Gasteiger partial charge on any atom is 0.416 e. The van der Waals surface area contributed by atoms with E-state index in [9.17, 15) is 22.8 Å². The first-order valence-electron chi connectivity index (χ1n) is 6.39. The molecule has 21 heavy (non-hydrogen) atoms. The number of hydrogen-bond donors (Lipinski definition) is 2. The Morgan fingerprint density at radius 3 is 2.38 bits per heavy atom. The molecule has 1 rings (SSSR count). The number of halogens is 3. The minimum Gasteiger partial charge on any atom is -0.352 e. The third-order valence-corrected chi connectivity index (χ3v) is 2.90. The molecule has 4 nitrogen and oxygen atoms in total. The lowest BCUT2D eigenvalue weighted by Crippen LogP contribution is -2.45. The number of rotatable bonds is 6. The Morgan fingerprint density at radius 2 is 1.90 bits per heavy atom. The summed E-state index contributed by atoms with van der Waals surface area (Å²) in [6, 6.07) is 3.54. The summed E-state index contributed by atoms with van der Waals surface area (Å²) in [6.07, 6.45) is -3.50. The van der Waals surface area contributed by atoms with Crippen LogP contribution in [0.5, 0.6) is 0 Å². The van der Waals surface area contributed by atoms with Gasteiger partial charge in [0.25, 0.3) is 0 Å². The van der Waals surface area contributed by atoms with E-state index in [1.165, 1.54) is 12.1 Å². The molecule has 0 bridgehead atoms. The molecule has 1 amide bonds. The molecule has 2 atom stereocenters. The van der Waals surface area contributed by atoms with Crippen LogP contribution in [-0.4, -0.2) is 24.3 Å². The van der Waals surface area contributed by atoms with Gasteiger partial charge in [-0.25, -0.2) is 0 Å². The summed E-state index contributed by atoms with van der Waals surface area (Å²) in [6.45, 7) is 1.71. The Bertz CT molecular complexity index is 486. The molecule has 0 heterocycles. The molecule has 0 radical (unpaired) electrons. The van der Waals surface area contributed by atoms with Crippen LogP contribution in [-0.2, 0) is 22.2 Å². The molecule has 0 aliphatic rings. The second kappa shape index (κ2) is 7.21. The summed E-state index contributed by atoms with van der Waals surface area (Å²) in [5.41, 5.74) is 5.42. The number of nitrogens with two attached hydrogens (primary N) is 1. The number of carbonyl (C=O) groups excluding carboxylic acids is 2. The lowest BCUT2D eigenvalue weighted by molar-refractivity contribution is -0.137. The zero-order chi connectivity index (χ0) is 16.0. The molecule has 0 aliphatic heterocycles. The molecule has 3 N–H and O–H groups in total. The van der Waals surface area contributed by atoms with E-state index in [0.29, 0.717) is 18.3 Å². The van der Waals surface area contributed by atoms with Gasteiger partial charge in [0, 0.05) is 12.5 Å². The van der Waals surface area contributed by atoms with E-state index >= 15 is 0 Å². The van der Waals surface area contributed by atoms with Crippen LogP contribution < -0.4 is 11.1 Å². The molecule has 2 unspecified atom stereocenters. The quantitative estimate of drug-likeness (QED) is 0.785. The van der Waals surface area contributed by atoms with Crippen LogP contribution in [0.15, 0.2) is 24.3 Å². The zero-order valence-electron chi connectivity index (χ0n) is 11.5. The molecule has 7 heteroatoms. The summed E-state index contributed by atoms with van der Waals surface area (Å²) >= 11 is 0. The Hall–Kier alpha value is -1.89. The van der Waals surface area contributed by atoms with Gasteiger partial charge in [0.2, 0.25) is 5.91 Å². The average Bonchev–Trinajstić information content (AvgIpc) is 2.38. The van der Waals surface area contributed by atoms with Crippen molar-refractivity contribution in [3.05, 3.63) is 35.4 Å². The molecule has 0 saturated carbocycles. The molecule has 0 aliphatic carbocycles. The standard InChI is InChI=1S/C14H17F3N2O2/c1-9(19-13(21)12(18)6-7-20)8-10-2-4-11(5-3-10)14(15,16)17/h2-5,7,9,12H,6,8,18H2,1H3,(H,19,21). The summed E-state index contributed by atoms with van der Waals surface area (Å²) in [5, 5.41) is 2.61. The summed E-state index contributed by atoms with van der Waals surface area (Å²) in [7, 11) is 0. The first-order valence-corrected chi connectivity index (χ1v) is 6.39.